The Kier molecular flexibility index (Phi) is 16.2. The molecule has 526 valence electrons. The summed E-state index contributed by atoms with van der Waals surface area (Å²) >= 11 is 0. The second-order valence-corrected chi connectivity index (χ2v) is 31.3. The number of nitrogens with zero attached hydrogens (tertiary/aromatic N) is 2. The zero-order valence-corrected chi connectivity index (χ0v) is 62.9. The monoisotopic (exact) mass is 1420 g/mol. The van der Waals surface area contributed by atoms with Gasteiger partial charge in [0.1, 0.15) is 0 Å². The van der Waals surface area contributed by atoms with Gasteiger partial charge in [-0.3, -0.25) is 0 Å². The summed E-state index contributed by atoms with van der Waals surface area (Å²) in [4.78, 5) is 4.91. The lowest BCUT2D eigenvalue weighted by Crippen LogP contribution is -2.16. The Hall–Kier alpha value is -13.7. The molecule has 0 radical (unpaired) electrons. The minimum Gasteiger partial charge on any atom is -0.310 e. The summed E-state index contributed by atoms with van der Waals surface area (Å²) < 4.78 is 0. The van der Waals surface area contributed by atoms with Crippen LogP contribution in [0.3, 0.4) is 0 Å². The van der Waals surface area contributed by atoms with Crippen molar-refractivity contribution in [2.24, 2.45) is 0 Å². The van der Waals surface area contributed by atoms with Crippen molar-refractivity contribution in [2.75, 3.05) is 9.80 Å². The van der Waals surface area contributed by atoms with Crippen LogP contribution >= 0.6 is 0 Å². The summed E-state index contributed by atoms with van der Waals surface area (Å²) in [6, 6.07) is 146. The van der Waals surface area contributed by atoms with Crippen LogP contribution in [-0.2, 0) is 10.8 Å². The lowest BCUT2D eigenvalue weighted by molar-refractivity contribution is 0.661. The van der Waals surface area contributed by atoms with E-state index in [-0.39, 0.29) is 10.8 Å². The number of anilines is 6. The first-order chi connectivity index (χ1) is 54.4. The Labute approximate surface area is 649 Å². The van der Waals surface area contributed by atoms with Gasteiger partial charge in [0.15, 0.2) is 0 Å². The number of hydrogen-bond acceptors (Lipinski definition) is 2. The molecule has 2 aliphatic carbocycles. The lowest BCUT2D eigenvalue weighted by Gasteiger charge is -2.29. The molecule has 0 fully saturated rings. The Morgan fingerprint density at radius 3 is 0.856 bits per heavy atom. The third-order valence-electron chi connectivity index (χ3n) is 23.9. The molecule has 111 heavy (non-hydrogen) atoms. The molecule has 21 rings (SSSR count). The zero-order chi connectivity index (χ0) is 74.5. The van der Waals surface area contributed by atoms with Gasteiger partial charge >= 0.3 is 0 Å². The van der Waals surface area contributed by atoms with E-state index >= 15 is 0 Å². The minimum absolute atomic E-state index is 0.150. The van der Waals surface area contributed by atoms with Gasteiger partial charge in [0.25, 0.3) is 0 Å². The summed E-state index contributed by atoms with van der Waals surface area (Å²) in [5.41, 5.74) is 30.8. The summed E-state index contributed by atoms with van der Waals surface area (Å²) in [7, 11) is 0. The van der Waals surface area contributed by atoms with Crippen LogP contribution in [0.1, 0.15) is 55.5 Å². The summed E-state index contributed by atoms with van der Waals surface area (Å²) in [6.07, 6.45) is 0. The van der Waals surface area contributed by atoms with E-state index in [0.717, 1.165) is 34.1 Å². The molecule has 0 N–H and O–H groups in total. The van der Waals surface area contributed by atoms with Crippen molar-refractivity contribution in [1.82, 2.24) is 0 Å². The Balaban J connectivity index is 0.000000146. The summed E-state index contributed by atoms with van der Waals surface area (Å²) in [5.74, 6) is 0. The number of hydrogen-bond donors (Lipinski definition) is 0. The summed E-state index contributed by atoms with van der Waals surface area (Å²) in [6.45, 7) is 11.7. The molecular weight excluding hydrogens is 1340 g/mol. The van der Waals surface area contributed by atoms with Crippen LogP contribution < -0.4 is 9.80 Å². The maximum absolute atomic E-state index is 2.46. The van der Waals surface area contributed by atoms with Gasteiger partial charge in [0.05, 0.1) is 0 Å². The van der Waals surface area contributed by atoms with Gasteiger partial charge in [0.2, 0.25) is 0 Å². The lowest BCUT2D eigenvalue weighted by atomic mass is 9.81. The Morgan fingerprint density at radius 2 is 0.459 bits per heavy atom. The highest BCUT2D eigenvalue weighted by Gasteiger charge is 2.38. The predicted molar refractivity (Wildman–Crippen MR) is 474 cm³/mol. The van der Waals surface area contributed by atoms with Gasteiger partial charge in [-0.15, -0.1) is 0 Å². The number of benzene rings is 19. The van der Waals surface area contributed by atoms with Crippen LogP contribution in [0.2, 0.25) is 0 Å². The molecule has 2 aliphatic rings. The molecule has 0 spiro atoms. The standard InChI is InChI=1S/C57H41N.C52H39N/c1-57(2)55-35-44-17-7-6-16-43(44)34-54(55)52-32-31-47(37-56(52)57)58(46-29-27-41(28-30-46)40-25-23-39(24-26-40)38-13-4-3-5-14-38)48-33-45-18-9-11-21-50(45)53(36-48)51-22-12-19-42-15-8-10-20-49(42)51;1-34-19-21-35(22-20-34)36-23-25-41(26-24-36)53(42-27-28-47-49-30-38-12-4-5-13-39(38)31-50(49)52(2,3)51(47)33-42)43-29-40-14-7-9-17-45(40)48(32-43)46-18-10-15-37-11-6-8-16-44(37)46/h3-37H,1-2H3;4-33H,1-3H3. The molecule has 0 saturated carbocycles. The van der Waals surface area contributed by atoms with Crippen molar-refractivity contribution in [3.63, 3.8) is 0 Å². The third kappa shape index (κ3) is 11.7. The highest BCUT2D eigenvalue weighted by atomic mass is 15.1. The van der Waals surface area contributed by atoms with Gasteiger partial charge in [-0.2, -0.15) is 0 Å². The summed E-state index contributed by atoms with van der Waals surface area (Å²) in [5, 5.41) is 15.1. The van der Waals surface area contributed by atoms with E-state index in [0.29, 0.717) is 0 Å². The largest absolute Gasteiger partial charge is 0.310 e. The topological polar surface area (TPSA) is 6.48 Å². The Morgan fingerprint density at radius 1 is 0.171 bits per heavy atom. The molecule has 2 heteroatoms. The maximum Gasteiger partial charge on any atom is 0.0474 e. The van der Waals surface area contributed by atoms with E-state index in [2.05, 4.69) is 439 Å². The average molecular weight is 1420 g/mol. The molecule has 19 aromatic carbocycles. The Bertz CT molecular complexity index is 6850. The second kappa shape index (κ2) is 26.9. The van der Waals surface area contributed by atoms with Crippen LogP contribution in [0.4, 0.5) is 34.1 Å². The van der Waals surface area contributed by atoms with E-state index in [4.69, 9.17) is 0 Å². The third-order valence-corrected chi connectivity index (χ3v) is 23.9. The average Bonchev–Trinajstić information content (AvgIpc) is 1.59. The molecule has 0 amide bonds. The SMILES string of the molecule is CC1(C)c2cc(N(c3ccc(-c4ccc(-c5ccccc5)cc4)cc3)c3cc(-c4cccc5ccccc45)c4ccccc4c3)ccc2-c2cc3ccccc3cc21.Cc1ccc(-c2ccc(N(c3ccc4c(c3)C(C)(C)c3cc5ccccc5cc3-4)c3cc(-c4cccc5ccccc45)c4ccccc4c3)cc2)cc1. The number of aryl methyl sites for hydroxylation is 1. The van der Waals surface area contributed by atoms with E-state index in [1.807, 2.05) is 0 Å². The number of fused-ring (bicyclic) bond motifs is 12. The van der Waals surface area contributed by atoms with E-state index in [1.165, 1.54) is 170 Å². The van der Waals surface area contributed by atoms with Crippen molar-refractivity contribution in [1.29, 1.82) is 0 Å². The first kappa shape index (κ1) is 66.7. The van der Waals surface area contributed by atoms with Crippen molar-refractivity contribution in [3.05, 3.63) is 422 Å². The van der Waals surface area contributed by atoms with Crippen LogP contribution in [0.5, 0.6) is 0 Å². The first-order valence-corrected chi connectivity index (χ1v) is 38.8. The number of rotatable bonds is 11. The fourth-order valence-corrected chi connectivity index (χ4v) is 18.0. The van der Waals surface area contributed by atoms with Gasteiger partial charge < -0.3 is 9.80 Å². The van der Waals surface area contributed by atoms with Crippen LogP contribution in [0.15, 0.2) is 394 Å². The quantitative estimate of drug-likeness (QED) is 0.127. The van der Waals surface area contributed by atoms with E-state index in [1.54, 1.807) is 0 Å². The zero-order valence-electron chi connectivity index (χ0n) is 62.9. The molecule has 0 aliphatic heterocycles. The van der Waals surface area contributed by atoms with Crippen molar-refractivity contribution in [3.8, 4) is 77.9 Å². The second-order valence-electron chi connectivity index (χ2n) is 31.3. The molecule has 0 atom stereocenters. The molecule has 0 aromatic heterocycles. The van der Waals surface area contributed by atoms with Crippen molar-refractivity contribution in [2.45, 2.75) is 45.4 Å². The van der Waals surface area contributed by atoms with Gasteiger partial charge in [-0.25, -0.2) is 0 Å². The maximum atomic E-state index is 2.46. The van der Waals surface area contributed by atoms with Gasteiger partial charge in [-0.1, -0.05) is 331 Å². The molecule has 0 saturated heterocycles. The van der Waals surface area contributed by atoms with Gasteiger partial charge in [-0.05, 0) is 269 Å². The highest BCUT2D eigenvalue weighted by molar-refractivity contribution is 6.10. The fourth-order valence-electron chi connectivity index (χ4n) is 18.0. The van der Waals surface area contributed by atoms with Crippen LogP contribution in [0.25, 0.3) is 143 Å². The minimum atomic E-state index is -0.163. The van der Waals surface area contributed by atoms with Crippen LogP contribution in [0, 0.1) is 6.92 Å². The van der Waals surface area contributed by atoms with E-state index in [9.17, 15) is 0 Å². The molecular formula is C109H80N2. The normalized spacial score (nSPS) is 12.9. The van der Waals surface area contributed by atoms with Crippen molar-refractivity contribution >= 4 is 98.8 Å². The van der Waals surface area contributed by atoms with E-state index < -0.39 is 0 Å². The molecule has 0 heterocycles. The molecule has 0 bridgehead atoms. The van der Waals surface area contributed by atoms with Crippen molar-refractivity contribution < 1.29 is 0 Å². The smallest absolute Gasteiger partial charge is 0.0474 e. The molecule has 0 unspecified atom stereocenters. The fraction of sp³-hybridized carbons (Fsp3) is 0.0642. The predicted octanol–water partition coefficient (Wildman–Crippen LogP) is 30.5. The molecule has 2 nitrogen and oxygen atoms in total. The highest BCUT2D eigenvalue weighted by Crippen LogP contribution is 2.55. The molecule has 19 aromatic rings. The first-order valence-electron chi connectivity index (χ1n) is 38.8. The van der Waals surface area contributed by atoms with Crippen LogP contribution in [-0.4, -0.2) is 0 Å². The van der Waals surface area contributed by atoms with Gasteiger partial charge in [0, 0.05) is 45.0 Å².